The highest BCUT2D eigenvalue weighted by molar-refractivity contribution is 5.95. The van der Waals surface area contributed by atoms with Gasteiger partial charge in [-0.15, -0.1) is 5.10 Å². The average Bonchev–Trinajstić information content (AvgIpc) is 3.38. The van der Waals surface area contributed by atoms with Gasteiger partial charge in [-0.1, -0.05) is 13.8 Å². The number of hydrogen-bond acceptors (Lipinski definition) is 7. The van der Waals surface area contributed by atoms with Crippen molar-refractivity contribution >= 4 is 28.4 Å². The fourth-order valence-electron chi connectivity index (χ4n) is 4.51. The summed E-state index contributed by atoms with van der Waals surface area (Å²) in [6.07, 6.45) is 3.38. The van der Waals surface area contributed by atoms with Gasteiger partial charge in [-0.3, -0.25) is 9.69 Å². The van der Waals surface area contributed by atoms with Crippen LogP contribution in [0.4, 0.5) is 16.0 Å². The van der Waals surface area contributed by atoms with Crippen LogP contribution in [0.25, 0.3) is 16.7 Å². The maximum absolute atomic E-state index is 14.9. The first-order chi connectivity index (χ1) is 16.4. The molecule has 9 nitrogen and oxygen atoms in total. The lowest BCUT2D eigenvalue weighted by Gasteiger charge is -2.34. The highest BCUT2D eigenvalue weighted by atomic mass is 19.1. The monoisotopic (exact) mass is 482 g/mol. The summed E-state index contributed by atoms with van der Waals surface area (Å²) in [4.78, 5) is 29.7. The summed E-state index contributed by atoms with van der Waals surface area (Å²) in [6, 6.07) is 3.62. The largest absolute Gasteiger partial charge is 0.353 e. The predicted molar refractivity (Wildman–Crippen MR) is 136 cm³/mol. The molecule has 0 bridgehead atoms. The Morgan fingerprint density at radius 2 is 2.03 bits per heavy atom. The van der Waals surface area contributed by atoms with Crippen LogP contribution < -0.4 is 10.2 Å². The lowest BCUT2D eigenvalue weighted by molar-refractivity contribution is -0.114. The molecule has 4 rings (SSSR count). The standard InChI is InChI=1S/C25H35FN8O/c1-8-17-12-21(30-23(29-17)24(4,5)26)34-19-13-20(28-16(3)35)27-14-18(19)22(31-34)33-11-10-25(6,15-33)32(7)9-2/h12-14H,8-11,15H2,1-7H3,(H,27,28,35)/t25-/m0/s1. The summed E-state index contributed by atoms with van der Waals surface area (Å²) in [5, 5.41) is 8.56. The zero-order valence-electron chi connectivity index (χ0n) is 21.7. The first-order valence-electron chi connectivity index (χ1n) is 12.2. The van der Waals surface area contributed by atoms with E-state index >= 15 is 0 Å². The molecule has 0 spiro atoms. The van der Waals surface area contributed by atoms with Crippen LogP contribution in [0.1, 0.15) is 59.5 Å². The van der Waals surface area contributed by atoms with Crippen molar-refractivity contribution in [1.29, 1.82) is 0 Å². The number of aromatic nitrogens is 5. The van der Waals surface area contributed by atoms with E-state index in [-0.39, 0.29) is 17.3 Å². The molecule has 1 aliphatic rings. The van der Waals surface area contributed by atoms with E-state index in [2.05, 4.69) is 51.0 Å². The van der Waals surface area contributed by atoms with Gasteiger partial charge >= 0.3 is 0 Å². The van der Waals surface area contributed by atoms with Gasteiger partial charge in [-0.05, 0) is 47.2 Å². The van der Waals surface area contributed by atoms with Gasteiger partial charge in [0.05, 0.1) is 10.9 Å². The normalized spacial score (nSPS) is 18.6. The molecule has 188 valence electrons. The van der Waals surface area contributed by atoms with Crippen molar-refractivity contribution in [1.82, 2.24) is 29.6 Å². The highest BCUT2D eigenvalue weighted by Crippen LogP contribution is 2.35. The van der Waals surface area contributed by atoms with Crippen molar-refractivity contribution in [2.45, 2.75) is 65.6 Å². The minimum absolute atomic E-state index is 0.0319. The molecule has 10 heteroatoms. The number of nitrogens with one attached hydrogen (secondary N) is 1. The number of aryl methyl sites for hydroxylation is 1. The van der Waals surface area contributed by atoms with Crippen molar-refractivity contribution in [3.05, 3.63) is 29.8 Å². The third kappa shape index (κ3) is 4.84. The summed E-state index contributed by atoms with van der Waals surface area (Å²) < 4.78 is 16.6. The van der Waals surface area contributed by atoms with Gasteiger partial charge < -0.3 is 10.2 Å². The zero-order chi connectivity index (χ0) is 25.5. The number of amides is 1. The number of hydrogen-bond donors (Lipinski definition) is 1. The number of pyridine rings is 1. The molecule has 1 amide bonds. The van der Waals surface area contributed by atoms with Crippen LogP contribution in [0.2, 0.25) is 0 Å². The molecular weight excluding hydrogens is 447 g/mol. The number of fused-ring (bicyclic) bond motifs is 1. The minimum atomic E-state index is -1.70. The molecule has 1 N–H and O–H groups in total. The van der Waals surface area contributed by atoms with E-state index in [1.165, 1.54) is 20.8 Å². The number of alkyl halides is 1. The van der Waals surface area contributed by atoms with E-state index in [1.54, 1.807) is 16.9 Å². The Hall–Kier alpha value is -3.14. The molecule has 1 atom stereocenters. The third-order valence-corrected chi connectivity index (χ3v) is 6.87. The van der Waals surface area contributed by atoms with E-state index in [0.717, 1.165) is 48.5 Å². The molecule has 0 unspecified atom stereocenters. The number of anilines is 2. The van der Waals surface area contributed by atoms with E-state index in [1.807, 2.05) is 13.0 Å². The quantitative estimate of drug-likeness (QED) is 0.547. The van der Waals surface area contributed by atoms with Crippen LogP contribution in [0.3, 0.4) is 0 Å². The predicted octanol–water partition coefficient (Wildman–Crippen LogP) is 3.86. The molecule has 0 saturated carbocycles. The molecule has 3 aromatic heterocycles. The number of carbonyl (C=O) groups excluding carboxylic acids is 1. The third-order valence-electron chi connectivity index (χ3n) is 6.87. The smallest absolute Gasteiger partial charge is 0.222 e. The molecule has 0 aliphatic carbocycles. The van der Waals surface area contributed by atoms with E-state index in [9.17, 15) is 9.18 Å². The Morgan fingerprint density at radius 3 is 2.66 bits per heavy atom. The second kappa shape index (κ2) is 9.14. The zero-order valence-corrected chi connectivity index (χ0v) is 21.7. The summed E-state index contributed by atoms with van der Waals surface area (Å²) in [6.45, 7) is 13.4. The summed E-state index contributed by atoms with van der Waals surface area (Å²) in [7, 11) is 2.15. The molecule has 3 aromatic rings. The maximum atomic E-state index is 14.9. The van der Waals surface area contributed by atoms with Crippen molar-refractivity contribution in [2.75, 3.05) is 36.9 Å². The van der Waals surface area contributed by atoms with Crippen LogP contribution >= 0.6 is 0 Å². The van der Waals surface area contributed by atoms with Crippen LogP contribution in [0.5, 0.6) is 0 Å². The molecule has 4 heterocycles. The van der Waals surface area contributed by atoms with E-state index in [0.29, 0.717) is 18.1 Å². The molecule has 0 aromatic carbocycles. The molecule has 35 heavy (non-hydrogen) atoms. The van der Waals surface area contributed by atoms with Gasteiger partial charge in [0.25, 0.3) is 0 Å². The van der Waals surface area contributed by atoms with Gasteiger partial charge in [0, 0.05) is 49.6 Å². The fraction of sp³-hybridized carbons (Fsp3) is 0.560. The van der Waals surface area contributed by atoms with Crippen molar-refractivity contribution < 1.29 is 9.18 Å². The van der Waals surface area contributed by atoms with Crippen LogP contribution in [0, 0.1) is 0 Å². The Balaban J connectivity index is 1.89. The van der Waals surface area contributed by atoms with E-state index < -0.39 is 5.67 Å². The average molecular weight is 483 g/mol. The fourth-order valence-corrected chi connectivity index (χ4v) is 4.51. The van der Waals surface area contributed by atoms with Gasteiger partial charge in [0.2, 0.25) is 5.91 Å². The lowest BCUT2D eigenvalue weighted by atomic mass is 10.00. The number of likely N-dealkylation sites (N-methyl/N-ethyl adjacent to an activating group) is 1. The van der Waals surface area contributed by atoms with Crippen molar-refractivity contribution in [3.63, 3.8) is 0 Å². The Bertz CT molecular complexity index is 1250. The van der Waals surface area contributed by atoms with Crippen LogP contribution in [-0.4, -0.2) is 67.8 Å². The lowest BCUT2D eigenvalue weighted by Crippen LogP contribution is -2.46. The first-order valence-corrected chi connectivity index (χ1v) is 12.2. The summed E-state index contributed by atoms with van der Waals surface area (Å²) in [5.41, 5.74) is -0.199. The van der Waals surface area contributed by atoms with Gasteiger partial charge in [0.15, 0.2) is 23.1 Å². The number of rotatable bonds is 7. The minimum Gasteiger partial charge on any atom is -0.353 e. The molecule has 1 saturated heterocycles. The van der Waals surface area contributed by atoms with E-state index in [4.69, 9.17) is 5.10 Å². The summed E-state index contributed by atoms with van der Waals surface area (Å²) in [5.74, 6) is 1.61. The van der Waals surface area contributed by atoms with Gasteiger partial charge in [-0.2, -0.15) is 0 Å². The van der Waals surface area contributed by atoms with Crippen molar-refractivity contribution in [2.24, 2.45) is 0 Å². The Morgan fingerprint density at radius 1 is 1.29 bits per heavy atom. The Kier molecular flexibility index (Phi) is 6.52. The highest BCUT2D eigenvalue weighted by Gasteiger charge is 2.38. The van der Waals surface area contributed by atoms with Crippen LogP contribution in [-0.2, 0) is 16.9 Å². The first kappa shape index (κ1) is 25.0. The summed E-state index contributed by atoms with van der Waals surface area (Å²) >= 11 is 0. The number of halogens is 1. The number of carbonyl (C=O) groups is 1. The number of nitrogens with zero attached hydrogens (tertiary/aromatic N) is 7. The Labute approximate surface area is 205 Å². The van der Waals surface area contributed by atoms with Crippen LogP contribution in [0.15, 0.2) is 18.3 Å². The maximum Gasteiger partial charge on any atom is 0.222 e. The molecule has 0 radical (unpaired) electrons. The second-order valence-corrected chi connectivity index (χ2v) is 10.1. The van der Waals surface area contributed by atoms with Crippen molar-refractivity contribution in [3.8, 4) is 5.82 Å². The molecular formula is C25H35FN8O. The SMILES string of the molecule is CCc1cc(-n2nc(N3CC[C@](C)(N(C)CC)C3)c3cnc(NC(C)=O)cc32)nc(C(C)(C)F)n1. The molecule has 1 fully saturated rings. The second-order valence-electron chi connectivity index (χ2n) is 10.1. The topological polar surface area (TPSA) is 92.1 Å². The molecule has 1 aliphatic heterocycles. The van der Waals surface area contributed by atoms with Gasteiger partial charge in [0.1, 0.15) is 5.82 Å². The van der Waals surface area contributed by atoms with Gasteiger partial charge in [-0.25, -0.2) is 24.0 Å².